The molecule has 0 atom stereocenters. The van der Waals surface area contributed by atoms with Crippen molar-refractivity contribution < 1.29 is 4.79 Å². The molecule has 1 heterocycles. The maximum absolute atomic E-state index is 12.3. The lowest BCUT2D eigenvalue weighted by molar-refractivity contribution is -0.116. The van der Waals surface area contributed by atoms with Crippen molar-refractivity contribution in [1.29, 1.82) is 0 Å². The molecule has 0 unspecified atom stereocenters. The van der Waals surface area contributed by atoms with Crippen molar-refractivity contribution in [1.82, 2.24) is 9.55 Å². The van der Waals surface area contributed by atoms with E-state index in [0.29, 0.717) is 16.6 Å². The SMILES string of the molecule is CSc1ccc(NC(=O)Cn2cnc3ccccc3c2=O)cc1. The molecule has 0 fully saturated rings. The Morgan fingerprint density at radius 2 is 1.91 bits per heavy atom. The number of fused-ring (bicyclic) bond motifs is 1. The summed E-state index contributed by atoms with van der Waals surface area (Å²) in [5.74, 6) is -0.263. The predicted octanol–water partition coefficient (Wildman–Crippen LogP) is 2.76. The Morgan fingerprint density at radius 1 is 1.17 bits per heavy atom. The first-order valence-electron chi connectivity index (χ1n) is 7.05. The third-order valence-electron chi connectivity index (χ3n) is 3.42. The van der Waals surface area contributed by atoms with E-state index in [1.165, 1.54) is 10.9 Å². The molecule has 2 aromatic carbocycles. The molecule has 0 aliphatic rings. The van der Waals surface area contributed by atoms with Crippen LogP contribution in [0.5, 0.6) is 0 Å². The number of thioether (sulfide) groups is 1. The van der Waals surface area contributed by atoms with E-state index in [2.05, 4.69) is 10.3 Å². The number of anilines is 1. The maximum atomic E-state index is 12.3. The Labute approximate surface area is 137 Å². The van der Waals surface area contributed by atoms with Crippen LogP contribution in [-0.2, 0) is 11.3 Å². The molecule has 0 saturated carbocycles. The average molecular weight is 325 g/mol. The van der Waals surface area contributed by atoms with Gasteiger partial charge in [-0.05, 0) is 42.7 Å². The summed E-state index contributed by atoms with van der Waals surface area (Å²) in [5, 5.41) is 3.29. The van der Waals surface area contributed by atoms with Gasteiger partial charge in [-0.1, -0.05) is 12.1 Å². The van der Waals surface area contributed by atoms with Crippen LogP contribution in [0.4, 0.5) is 5.69 Å². The highest BCUT2D eigenvalue weighted by Gasteiger charge is 2.08. The van der Waals surface area contributed by atoms with Crippen molar-refractivity contribution in [2.75, 3.05) is 11.6 Å². The highest BCUT2D eigenvalue weighted by atomic mass is 32.2. The lowest BCUT2D eigenvalue weighted by Gasteiger charge is -2.08. The molecule has 3 rings (SSSR count). The Balaban J connectivity index is 1.77. The number of hydrogen-bond acceptors (Lipinski definition) is 4. The molecular formula is C17H15N3O2S. The van der Waals surface area contributed by atoms with E-state index in [0.717, 1.165) is 4.90 Å². The summed E-state index contributed by atoms with van der Waals surface area (Å²) in [6, 6.07) is 14.6. The van der Waals surface area contributed by atoms with Crippen LogP contribution in [0.15, 0.2) is 64.5 Å². The van der Waals surface area contributed by atoms with E-state index in [4.69, 9.17) is 0 Å². The van der Waals surface area contributed by atoms with Gasteiger partial charge in [-0.2, -0.15) is 0 Å². The van der Waals surface area contributed by atoms with E-state index in [1.807, 2.05) is 36.6 Å². The van der Waals surface area contributed by atoms with Gasteiger partial charge < -0.3 is 5.32 Å². The minimum atomic E-state index is -0.263. The second-order valence-electron chi connectivity index (χ2n) is 4.97. The fourth-order valence-electron chi connectivity index (χ4n) is 2.25. The zero-order valence-corrected chi connectivity index (χ0v) is 13.3. The third-order valence-corrected chi connectivity index (χ3v) is 4.16. The number of carbonyl (C=O) groups is 1. The third kappa shape index (κ3) is 3.43. The topological polar surface area (TPSA) is 64.0 Å². The van der Waals surface area contributed by atoms with Crippen LogP contribution < -0.4 is 10.9 Å². The number of para-hydroxylation sites is 1. The van der Waals surface area contributed by atoms with Crippen molar-refractivity contribution in [3.63, 3.8) is 0 Å². The number of hydrogen-bond donors (Lipinski definition) is 1. The zero-order valence-electron chi connectivity index (χ0n) is 12.5. The molecule has 1 N–H and O–H groups in total. The first-order valence-corrected chi connectivity index (χ1v) is 8.28. The van der Waals surface area contributed by atoms with Crippen LogP contribution in [0, 0.1) is 0 Å². The summed E-state index contributed by atoms with van der Waals surface area (Å²) in [6.07, 6.45) is 3.40. The van der Waals surface area contributed by atoms with Crippen molar-refractivity contribution in [2.45, 2.75) is 11.4 Å². The van der Waals surface area contributed by atoms with Gasteiger partial charge in [0.1, 0.15) is 6.54 Å². The number of nitrogens with one attached hydrogen (secondary N) is 1. The van der Waals surface area contributed by atoms with Gasteiger partial charge in [0, 0.05) is 10.6 Å². The molecule has 0 aliphatic heterocycles. The molecule has 1 amide bonds. The summed E-state index contributed by atoms with van der Waals surface area (Å²) in [5.41, 5.74) is 1.11. The number of carbonyl (C=O) groups excluding carboxylic acids is 1. The second-order valence-corrected chi connectivity index (χ2v) is 5.85. The molecule has 0 saturated heterocycles. The van der Waals surface area contributed by atoms with E-state index in [9.17, 15) is 9.59 Å². The van der Waals surface area contributed by atoms with E-state index in [-0.39, 0.29) is 18.0 Å². The molecule has 3 aromatic rings. The summed E-state index contributed by atoms with van der Waals surface area (Å²) >= 11 is 1.64. The van der Waals surface area contributed by atoms with Crippen LogP contribution in [0.2, 0.25) is 0 Å². The van der Waals surface area contributed by atoms with E-state index >= 15 is 0 Å². The van der Waals surface area contributed by atoms with Crippen LogP contribution in [0.3, 0.4) is 0 Å². The molecule has 0 spiro atoms. The minimum absolute atomic E-state index is 0.0685. The maximum Gasteiger partial charge on any atom is 0.261 e. The predicted molar refractivity (Wildman–Crippen MR) is 92.9 cm³/mol. The molecule has 23 heavy (non-hydrogen) atoms. The van der Waals surface area contributed by atoms with Gasteiger partial charge in [0.2, 0.25) is 5.91 Å². The Kier molecular flexibility index (Phi) is 4.43. The number of benzene rings is 2. The number of aromatic nitrogens is 2. The van der Waals surface area contributed by atoms with Crippen LogP contribution in [-0.4, -0.2) is 21.7 Å². The molecule has 0 radical (unpaired) electrons. The average Bonchev–Trinajstić information content (AvgIpc) is 2.58. The molecule has 6 heteroatoms. The number of amides is 1. The fourth-order valence-corrected chi connectivity index (χ4v) is 2.66. The Hall–Kier alpha value is -2.60. The molecule has 0 aliphatic carbocycles. The monoisotopic (exact) mass is 325 g/mol. The molecule has 116 valence electrons. The van der Waals surface area contributed by atoms with Crippen molar-refractivity contribution in [3.05, 3.63) is 65.2 Å². The molecule has 0 bridgehead atoms. The highest BCUT2D eigenvalue weighted by Crippen LogP contribution is 2.17. The smallest absolute Gasteiger partial charge is 0.261 e. The summed E-state index contributed by atoms with van der Waals surface area (Å²) < 4.78 is 1.31. The largest absolute Gasteiger partial charge is 0.325 e. The molecular weight excluding hydrogens is 310 g/mol. The van der Waals surface area contributed by atoms with Gasteiger partial charge in [0.25, 0.3) is 5.56 Å². The summed E-state index contributed by atoms with van der Waals surface area (Å²) in [6.45, 7) is -0.0685. The first-order chi connectivity index (χ1) is 11.2. The highest BCUT2D eigenvalue weighted by molar-refractivity contribution is 7.98. The quantitative estimate of drug-likeness (QED) is 0.749. The zero-order chi connectivity index (χ0) is 16.2. The van der Waals surface area contributed by atoms with Gasteiger partial charge in [0.15, 0.2) is 0 Å². The number of rotatable bonds is 4. The van der Waals surface area contributed by atoms with Crippen LogP contribution >= 0.6 is 11.8 Å². The molecule has 5 nitrogen and oxygen atoms in total. The van der Waals surface area contributed by atoms with Crippen molar-refractivity contribution in [3.8, 4) is 0 Å². The lowest BCUT2D eigenvalue weighted by atomic mass is 10.2. The fraction of sp³-hybridized carbons (Fsp3) is 0.118. The first kappa shape index (κ1) is 15.3. The lowest BCUT2D eigenvalue weighted by Crippen LogP contribution is -2.27. The van der Waals surface area contributed by atoms with Crippen molar-refractivity contribution >= 4 is 34.3 Å². The Bertz CT molecular complexity index is 904. The standard InChI is InChI=1S/C17H15N3O2S/c1-23-13-8-6-12(7-9-13)19-16(21)10-20-11-18-15-5-3-2-4-14(15)17(20)22/h2-9,11H,10H2,1H3,(H,19,21). The number of nitrogens with zero attached hydrogens (tertiary/aromatic N) is 2. The van der Waals surface area contributed by atoms with Gasteiger partial charge in [0.05, 0.1) is 17.2 Å². The molecule has 1 aromatic heterocycles. The van der Waals surface area contributed by atoms with Crippen LogP contribution in [0.25, 0.3) is 10.9 Å². The second kappa shape index (κ2) is 6.66. The normalized spacial score (nSPS) is 10.7. The summed E-state index contributed by atoms with van der Waals surface area (Å²) in [7, 11) is 0. The summed E-state index contributed by atoms with van der Waals surface area (Å²) in [4.78, 5) is 29.8. The van der Waals surface area contributed by atoms with Gasteiger partial charge in [-0.15, -0.1) is 11.8 Å². The van der Waals surface area contributed by atoms with Gasteiger partial charge >= 0.3 is 0 Å². The Morgan fingerprint density at radius 3 is 2.65 bits per heavy atom. The van der Waals surface area contributed by atoms with E-state index in [1.54, 1.807) is 30.0 Å². The van der Waals surface area contributed by atoms with Crippen molar-refractivity contribution in [2.24, 2.45) is 0 Å². The minimum Gasteiger partial charge on any atom is -0.325 e. The van der Waals surface area contributed by atoms with Gasteiger partial charge in [-0.3, -0.25) is 14.2 Å². The van der Waals surface area contributed by atoms with E-state index < -0.39 is 0 Å². The van der Waals surface area contributed by atoms with Gasteiger partial charge in [-0.25, -0.2) is 4.98 Å². The van der Waals surface area contributed by atoms with Crippen LogP contribution in [0.1, 0.15) is 0 Å².